The van der Waals surface area contributed by atoms with E-state index in [1.807, 2.05) is 12.3 Å². The molecule has 0 atom stereocenters. The highest BCUT2D eigenvalue weighted by atomic mass is 15.2. The fraction of sp³-hybridized carbons (Fsp3) is 0.750. The van der Waals surface area contributed by atoms with E-state index in [9.17, 15) is 0 Å². The van der Waals surface area contributed by atoms with Crippen molar-refractivity contribution in [3.8, 4) is 0 Å². The maximum Gasteiger partial charge on any atom is 0.0704 e. The van der Waals surface area contributed by atoms with Crippen LogP contribution in [-0.2, 0) is 0 Å². The first kappa shape index (κ1) is 35.7. The molecule has 0 radical (unpaired) electrons. The lowest BCUT2D eigenvalue weighted by molar-refractivity contribution is 0.0690. The van der Waals surface area contributed by atoms with Crippen LogP contribution in [-0.4, -0.2) is 89.7 Å². The lowest BCUT2D eigenvalue weighted by Gasteiger charge is -2.42. The topological polar surface area (TPSA) is 34.6 Å². The number of hydrogen-bond donors (Lipinski definition) is 1. The number of aromatic nitrogens is 1. The van der Waals surface area contributed by atoms with Crippen LogP contribution >= 0.6 is 0 Å². The van der Waals surface area contributed by atoms with Gasteiger partial charge in [-0.2, -0.15) is 0 Å². The van der Waals surface area contributed by atoms with E-state index < -0.39 is 0 Å². The molecule has 41 heavy (non-hydrogen) atoms. The molecule has 0 amide bonds. The smallest absolute Gasteiger partial charge is 0.0704 e. The number of piperazine rings is 1. The van der Waals surface area contributed by atoms with Crippen molar-refractivity contribution < 1.29 is 0 Å². The third kappa shape index (κ3) is 13.5. The molecule has 0 aliphatic carbocycles. The minimum atomic E-state index is 0.403. The lowest BCUT2D eigenvalue weighted by Crippen LogP contribution is -2.49. The Labute approximate surface area is 254 Å². The van der Waals surface area contributed by atoms with E-state index in [1.165, 1.54) is 95.5 Å². The monoisotopic (exact) mass is 568 g/mol. The summed E-state index contributed by atoms with van der Waals surface area (Å²) < 4.78 is 0. The van der Waals surface area contributed by atoms with Crippen LogP contribution in [0.4, 0.5) is 0 Å². The van der Waals surface area contributed by atoms with Gasteiger partial charge in [0.15, 0.2) is 0 Å². The van der Waals surface area contributed by atoms with Crippen molar-refractivity contribution in [1.82, 2.24) is 25.0 Å². The van der Waals surface area contributed by atoms with Crippen molar-refractivity contribution in [2.75, 3.05) is 58.9 Å². The van der Waals surface area contributed by atoms with E-state index in [1.54, 1.807) is 0 Å². The summed E-state index contributed by atoms with van der Waals surface area (Å²) in [4.78, 5) is 11.9. The first-order valence-electron chi connectivity index (χ1n) is 16.6. The summed E-state index contributed by atoms with van der Waals surface area (Å²) in [6.07, 6.45) is 7.48. The van der Waals surface area contributed by atoms with Crippen LogP contribution in [0.1, 0.15) is 106 Å². The van der Waals surface area contributed by atoms with Crippen LogP contribution in [0.3, 0.4) is 0 Å². The molecule has 0 unspecified atom stereocenters. The maximum atomic E-state index is 4.32. The molecule has 3 fully saturated rings. The van der Waals surface area contributed by atoms with Crippen molar-refractivity contribution >= 4 is 10.9 Å². The standard InChI is InChI=1S/C12H13N.C9H19N.C8H18N2.C7H15N/c1-9(2)10-5-3-7-12-11(10)6-4-8-13-12;1-9(2,3)10-7-5-4-6-8-10;1-8(2)7-10-5-3-9-4-6-10;1-7(2,3)8-5-4-6-8/h3-9H,1-2H3;4-8H2,1-3H3;8-9H,3-7H2,1-2H3;4-6H2,1-3H3. The van der Waals surface area contributed by atoms with Crippen LogP contribution in [0.2, 0.25) is 0 Å². The predicted molar refractivity (Wildman–Crippen MR) is 181 cm³/mol. The number of nitrogens with zero attached hydrogens (tertiary/aromatic N) is 4. The molecule has 3 saturated heterocycles. The molecule has 3 aliphatic heterocycles. The molecular formula is C36H65N5. The number of hydrogen-bond acceptors (Lipinski definition) is 5. The fourth-order valence-corrected chi connectivity index (χ4v) is 5.59. The molecule has 4 heterocycles. The third-order valence-electron chi connectivity index (χ3n) is 8.24. The normalized spacial score (nSPS) is 18.9. The number of piperidine rings is 1. The summed E-state index contributed by atoms with van der Waals surface area (Å²) in [5, 5.41) is 4.62. The van der Waals surface area contributed by atoms with Gasteiger partial charge >= 0.3 is 0 Å². The molecule has 3 aliphatic rings. The summed E-state index contributed by atoms with van der Waals surface area (Å²) in [5.41, 5.74) is 3.30. The fourth-order valence-electron chi connectivity index (χ4n) is 5.59. The lowest BCUT2D eigenvalue weighted by atomic mass is 9.98. The van der Waals surface area contributed by atoms with E-state index in [2.05, 4.69) is 119 Å². The Kier molecular flexibility index (Phi) is 15.3. The van der Waals surface area contributed by atoms with Crippen molar-refractivity contribution in [2.45, 2.75) is 112 Å². The van der Waals surface area contributed by atoms with E-state index in [4.69, 9.17) is 0 Å². The SMILES string of the molecule is CC(C)(C)N1CCC1.CC(C)(C)N1CCCCC1.CC(C)CN1CCNCC1.CC(C)c1cccc2ncccc12. The minimum absolute atomic E-state index is 0.403. The molecule has 0 bridgehead atoms. The van der Waals surface area contributed by atoms with Crippen LogP contribution in [0.15, 0.2) is 36.5 Å². The Morgan fingerprint density at radius 1 is 0.707 bits per heavy atom. The molecule has 0 saturated carbocycles. The Hall–Kier alpha value is -1.53. The first-order valence-corrected chi connectivity index (χ1v) is 16.6. The molecule has 1 N–H and O–H groups in total. The zero-order valence-electron chi connectivity index (χ0n) is 28.6. The summed E-state index contributed by atoms with van der Waals surface area (Å²) in [6, 6.07) is 10.4. The molecule has 5 rings (SSSR count). The van der Waals surface area contributed by atoms with Crippen LogP contribution in [0, 0.1) is 5.92 Å². The highest BCUT2D eigenvalue weighted by Gasteiger charge is 2.25. The largest absolute Gasteiger partial charge is 0.314 e. The Balaban J connectivity index is 0.000000194. The number of likely N-dealkylation sites (tertiary alicyclic amines) is 2. The van der Waals surface area contributed by atoms with Crippen LogP contribution < -0.4 is 5.32 Å². The molecule has 2 aromatic rings. The van der Waals surface area contributed by atoms with Gasteiger partial charge in [-0.3, -0.25) is 14.8 Å². The predicted octanol–water partition coefficient (Wildman–Crippen LogP) is 7.67. The van der Waals surface area contributed by atoms with Gasteiger partial charge in [0.2, 0.25) is 0 Å². The van der Waals surface area contributed by atoms with E-state index in [-0.39, 0.29) is 0 Å². The van der Waals surface area contributed by atoms with Gasteiger partial charge in [0.1, 0.15) is 0 Å². The third-order valence-corrected chi connectivity index (χ3v) is 8.24. The Morgan fingerprint density at radius 3 is 1.71 bits per heavy atom. The van der Waals surface area contributed by atoms with Gasteiger partial charge < -0.3 is 10.2 Å². The van der Waals surface area contributed by atoms with Gasteiger partial charge in [-0.1, -0.05) is 52.3 Å². The van der Waals surface area contributed by atoms with Gasteiger partial charge in [-0.15, -0.1) is 0 Å². The van der Waals surface area contributed by atoms with Crippen molar-refractivity contribution in [3.05, 3.63) is 42.1 Å². The summed E-state index contributed by atoms with van der Waals surface area (Å²) in [7, 11) is 0. The van der Waals surface area contributed by atoms with Gasteiger partial charge in [0.05, 0.1) is 5.52 Å². The summed E-state index contributed by atoms with van der Waals surface area (Å²) >= 11 is 0. The second kappa shape index (κ2) is 17.6. The van der Waals surface area contributed by atoms with Crippen LogP contribution in [0.25, 0.3) is 10.9 Å². The second-order valence-electron chi connectivity index (χ2n) is 14.7. The second-order valence-corrected chi connectivity index (χ2v) is 14.7. The molecule has 5 heteroatoms. The maximum absolute atomic E-state index is 4.32. The van der Waals surface area contributed by atoms with Gasteiger partial charge in [-0.05, 0) is 117 Å². The molecular weight excluding hydrogens is 502 g/mol. The quantitative estimate of drug-likeness (QED) is 0.412. The zero-order valence-corrected chi connectivity index (χ0v) is 28.6. The number of pyridine rings is 1. The highest BCUT2D eigenvalue weighted by Crippen LogP contribution is 2.23. The number of fused-ring (bicyclic) bond motifs is 1. The molecule has 234 valence electrons. The summed E-state index contributed by atoms with van der Waals surface area (Å²) in [5.74, 6) is 1.38. The van der Waals surface area contributed by atoms with Crippen molar-refractivity contribution in [3.63, 3.8) is 0 Å². The number of rotatable bonds is 3. The van der Waals surface area contributed by atoms with Gasteiger partial charge in [0.25, 0.3) is 0 Å². The van der Waals surface area contributed by atoms with Crippen molar-refractivity contribution in [1.29, 1.82) is 0 Å². The molecule has 1 aromatic heterocycles. The average molecular weight is 568 g/mol. The first-order chi connectivity index (χ1) is 19.3. The van der Waals surface area contributed by atoms with Crippen LogP contribution in [0.5, 0.6) is 0 Å². The molecule has 5 nitrogen and oxygen atoms in total. The Bertz CT molecular complexity index is 951. The summed E-state index contributed by atoms with van der Waals surface area (Å²) in [6.45, 7) is 34.0. The van der Waals surface area contributed by atoms with E-state index >= 15 is 0 Å². The average Bonchev–Trinajstić information content (AvgIpc) is 2.88. The number of benzene rings is 1. The zero-order chi connectivity index (χ0) is 30.5. The van der Waals surface area contributed by atoms with E-state index in [0.717, 1.165) is 11.4 Å². The Morgan fingerprint density at radius 2 is 1.27 bits per heavy atom. The van der Waals surface area contributed by atoms with Gasteiger partial charge in [-0.25, -0.2) is 0 Å². The number of nitrogens with one attached hydrogen (secondary N) is 1. The van der Waals surface area contributed by atoms with Gasteiger partial charge in [0, 0.05) is 55.4 Å². The molecule has 1 aromatic carbocycles. The molecule has 0 spiro atoms. The highest BCUT2D eigenvalue weighted by molar-refractivity contribution is 5.82. The van der Waals surface area contributed by atoms with Crippen molar-refractivity contribution in [2.24, 2.45) is 5.92 Å². The van der Waals surface area contributed by atoms with E-state index in [0.29, 0.717) is 17.0 Å². The minimum Gasteiger partial charge on any atom is -0.314 e.